The molecule has 1 fully saturated rings. The van der Waals surface area contributed by atoms with Gasteiger partial charge in [-0.15, -0.1) is 0 Å². The fourth-order valence-electron chi connectivity index (χ4n) is 1.72. The van der Waals surface area contributed by atoms with Crippen LogP contribution >= 0.6 is 8.25 Å². The summed E-state index contributed by atoms with van der Waals surface area (Å²) in [5, 5.41) is 0. The molecule has 1 aromatic rings. The molecule has 0 amide bonds. The number of anilines is 1. The van der Waals surface area contributed by atoms with Crippen molar-refractivity contribution in [3.63, 3.8) is 0 Å². The van der Waals surface area contributed by atoms with Crippen LogP contribution < -0.4 is 11.4 Å². The number of hydrogen-bond acceptors (Lipinski definition) is 7. The quantitative estimate of drug-likeness (QED) is 0.794. The standard InChI is InChI=1S/C9H12F2N3O5P/c1-17-5-4-18-20(16)19-7(5)9(10,11)14-3-2-6(12)13-8(14)15/h2-3,5,7,20H,4H2,1H3,(H2,12,13,15)/t5-,7-/m1/s1. The van der Waals surface area contributed by atoms with Gasteiger partial charge >= 0.3 is 20.0 Å². The Morgan fingerprint density at radius 1 is 1.65 bits per heavy atom. The molecule has 2 heterocycles. The molecule has 112 valence electrons. The first-order chi connectivity index (χ1) is 9.36. The second kappa shape index (κ2) is 5.57. The summed E-state index contributed by atoms with van der Waals surface area (Å²) >= 11 is 0. The summed E-state index contributed by atoms with van der Waals surface area (Å²) in [7, 11) is -1.89. The van der Waals surface area contributed by atoms with E-state index in [-0.39, 0.29) is 17.0 Å². The van der Waals surface area contributed by atoms with Crippen LogP contribution in [-0.2, 0) is 24.4 Å². The lowest BCUT2D eigenvalue weighted by molar-refractivity contribution is -0.216. The van der Waals surface area contributed by atoms with E-state index >= 15 is 0 Å². The highest BCUT2D eigenvalue weighted by Crippen LogP contribution is 2.41. The third kappa shape index (κ3) is 2.73. The van der Waals surface area contributed by atoms with E-state index in [4.69, 9.17) is 10.5 Å². The number of hydrogen-bond donors (Lipinski definition) is 1. The van der Waals surface area contributed by atoms with Crippen LogP contribution in [0, 0.1) is 0 Å². The van der Waals surface area contributed by atoms with Gasteiger partial charge in [-0.2, -0.15) is 13.8 Å². The molecule has 8 nitrogen and oxygen atoms in total. The van der Waals surface area contributed by atoms with Crippen molar-refractivity contribution >= 4 is 14.1 Å². The average molecular weight is 311 g/mol. The third-order valence-electron chi connectivity index (χ3n) is 2.72. The minimum atomic E-state index is -3.82. The fourth-order valence-corrected chi connectivity index (χ4v) is 2.59. The highest BCUT2D eigenvalue weighted by molar-refractivity contribution is 7.33. The Bertz CT molecular complexity index is 581. The van der Waals surface area contributed by atoms with E-state index in [0.29, 0.717) is 0 Å². The summed E-state index contributed by atoms with van der Waals surface area (Å²) in [6.45, 7) is -0.328. The first-order valence-electron chi connectivity index (χ1n) is 5.46. The van der Waals surface area contributed by atoms with E-state index in [1.54, 1.807) is 0 Å². The monoisotopic (exact) mass is 311 g/mol. The second-order valence-corrected chi connectivity index (χ2v) is 4.99. The number of nitrogen functional groups attached to an aromatic ring is 1. The Labute approximate surface area is 112 Å². The molecule has 1 saturated heterocycles. The largest absolute Gasteiger partial charge is 0.383 e. The van der Waals surface area contributed by atoms with Crippen LogP contribution in [0.2, 0.25) is 0 Å². The average Bonchev–Trinajstić information content (AvgIpc) is 2.38. The van der Waals surface area contributed by atoms with Crippen LogP contribution in [0.1, 0.15) is 0 Å². The molecular formula is C9H12F2N3O5P. The summed E-state index contributed by atoms with van der Waals surface area (Å²) in [6, 6.07) is -2.78. The van der Waals surface area contributed by atoms with Crippen molar-refractivity contribution in [3.05, 3.63) is 22.7 Å². The third-order valence-corrected chi connectivity index (χ3v) is 3.57. The van der Waals surface area contributed by atoms with Gasteiger partial charge in [0.2, 0.25) is 0 Å². The molecule has 0 bridgehead atoms. The van der Waals surface area contributed by atoms with Crippen LogP contribution in [0.15, 0.2) is 17.1 Å². The summed E-state index contributed by atoms with van der Waals surface area (Å²) in [6.07, 6.45) is -2.33. The highest BCUT2D eigenvalue weighted by atomic mass is 31.1. The van der Waals surface area contributed by atoms with Gasteiger partial charge in [-0.25, -0.2) is 9.36 Å². The van der Waals surface area contributed by atoms with Gasteiger partial charge in [-0.1, -0.05) is 0 Å². The van der Waals surface area contributed by atoms with Gasteiger partial charge in [0.25, 0.3) is 0 Å². The summed E-state index contributed by atoms with van der Waals surface area (Å²) < 4.78 is 54.0. The van der Waals surface area contributed by atoms with E-state index in [9.17, 15) is 18.1 Å². The molecule has 11 heteroatoms. The molecule has 3 atom stereocenters. The molecule has 0 saturated carbocycles. The summed E-state index contributed by atoms with van der Waals surface area (Å²) in [5.74, 6) is -0.188. The molecule has 1 aliphatic heterocycles. The van der Waals surface area contributed by atoms with Gasteiger partial charge in [0, 0.05) is 13.3 Å². The number of ether oxygens (including phenoxy) is 1. The normalized spacial score (nSPS) is 27.4. The maximum atomic E-state index is 14.3. The molecule has 2 rings (SSSR count). The predicted octanol–water partition coefficient (Wildman–Crippen LogP) is 0.195. The van der Waals surface area contributed by atoms with E-state index < -0.39 is 32.2 Å². The predicted molar refractivity (Wildman–Crippen MR) is 63.7 cm³/mol. The lowest BCUT2D eigenvalue weighted by Gasteiger charge is -2.35. The molecule has 0 radical (unpaired) electrons. The number of nitrogens with zero attached hydrogens (tertiary/aromatic N) is 2. The van der Waals surface area contributed by atoms with Gasteiger partial charge in [-0.3, -0.25) is 9.09 Å². The number of methoxy groups -OCH3 is 1. The fraction of sp³-hybridized carbons (Fsp3) is 0.556. The lowest BCUT2D eigenvalue weighted by atomic mass is 10.1. The summed E-state index contributed by atoms with van der Waals surface area (Å²) in [4.78, 5) is 14.7. The Kier molecular flexibility index (Phi) is 4.19. The summed E-state index contributed by atoms with van der Waals surface area (Å²) in [5.41, 5.74) is 3.98. The van der Waals surface area contributed by atoms with Crippen molar-refractivity contribution < 1.29 is 27.1 Å². The number of alkyl halides is 2. The van der Waals surface area contributed by atoms with Crippen LogP contribution in [0.25, 0.3) is 0 Å². The highest BCUT2D eigenvalue weighted by Gasteiger charge is 2.51. The van der Waals surface area contributed by atoms with Crippen molar-refractivity contribution in [2.45, 2.75) is 18.3 Å². The van der Waals surface area contributed by atoms with E-state index in [2.05, 4.69) is 14.0 Å². The van der Waals surface area contributed by atoms with Crippen molar-refractivity contribution in [3.8, 4) is 0 Å². The first kappa shape index (κ1) is 15.0. The van der Waals surface area contributed by atoms with Crippen molar-refractivity contribution in [1.29, 1.82) is 0 Å². The van der Waals surface area contributed by atoms with Crippen LogP contribution in [0.4, 0.5) is 14.6 Å². The number of halogens is 2. The van der Waals surface area contributed by atoms with Crippen molar-refractivity contribution in [2.24, 2.45) is 0 Å². The van der Waals surface area contributed by atoms with Crippen LogP contribution in [0.3, 0.4) is 0 Å². The molecule has 2 N–H and O–H groups in total. The topological polar surface area (TPSA) is 106 Å². The molecule has 1 aromatic heterocycles. The number of rotatable bonds is 3. The van der Waals surface area contributed by atoms with Gasteiger partial charge in [0.1, 0.15) is 11.9 Å². The van der Waals surface area contributed by atoms with Crippen LogP contribution in [0.5, 0.6) is 0 Å². The zero-order chi connectivity index (χ0) is 14.9. The zero-order valence-corrected chi connectivity index (χ0v) is 11.3. The van der Waals surface area contributed by atoms with Gasteiger partial charge in [-0.05, 0) is 6.07 Å². The molecule has 1 unspecified atom stereocenters. The maximum absolute atomic E-state index is 14.3. The Balaban J connectivity index is 2.41. The molecule has 0 aliphatic carbocycles. The van der Waals surface area contributed by atoms with Gasteiger partial charge < -0.3 is 15.0 Å². The molecule has 0 spiro atoms. The van der Waals surface area contributed by atoms with E-state index in [1.165, 1.54) is 7.11 Å². The molecule has 20 heavy (non-hydrogen) atoms. The maximum Gasteiger partial charge on any atom is 0.362 e. The second-order valence-electron chi connectivity index (χ2n) is 3.97. The number of aromatic nitrogens is 2. The van der Waals surface area contributed by atoms with Crippen molar-refractivity contribution in [2.75, 3.05) is 19.5 Å². The van der Waals surface area contributed by atoms with Gasteiger partial charge in [0.15, 0.2) is 6.10 Å². The minimum absolute atomic E-state index is 0.0561. The Hall–Kier alpha value is -1.35. The zero-order valence-electron chi connectivity index (χ0n) is 10.3. The van der Waals surface area contributed by atoms with Crippen molar-refractivity contribution in [1.82, 2.24) is 9.55 Å². The number of nitrogens with two attached hydrogens (primary N) is 1. The molecule has 1 aliphatic rings. The molecular weight excluding hydrogens is 299 g/mol. The Morgan fingerprint density at radius 3 is 2.95 bits per heavy atom. The minimum Gasteiger partial charge on any atom is -0.383 e. The van der Waals surface area contributed by atoms with Gasteiger partial charge in [0.05, 0.1) is 6.61 Å². The van der Waals surface area contributed by atoms with E-state index in [0.717, 1.165) is 12.3 Å². The SMILES string of the molecule is CO[C@@H]1CO[PH](=O)O[C@H]1C(F)(F)n1ccc(N)nc1=O. The Morgan fingerprint density at radius 2 is 2.35 bits per heavy atom. The molecule has 0 aromatic carbocycles. The first-order valence-corrected chi connectivity index (χ1v) is 6.68. The smallest absolute Gasteiger partial charge is 0.362 e. The van der Waals surface area contributed by atoms with Crippen LogP contribution in [-0.4, -0.2) is 35.5 Å². The lowest BCUT2D eigenvalue weighted by Crippen LogP contribution is -2.52. The van der Waals surface area contributed by atoms with E-state index in [1.807, 2.05) is 0 Å².